The van der Waals surface area contributed by atoms with Gasteiger partial charge in [0.2, 0.25) is 10.0 Å². The highest BCUT2D eigenvalue weighted by molar-refractivity contribution is 7.88. The van der Waals surface area contributed by atoms with Crippen molar-refractivity contribution < 1.29 is 8.42 Å². The highest BCUT2D eigenvalue weighted by atomic mass is 32.2. The zero-order valence-electron chi connectivity index (χ0n) is 12.6. The van der Waals surface area contributed by atoms with Gasteiger partial charge < -0.3 is 0 Å². The van der Waals surface area contributed by atoms with E-state index in [2.05, 4.69) is 9.82 Å². The van der Waals surface area contributed by atoms with Crippen LogP contribution in [0, 0.1) is 6.92 Å². The first kappa shape index (κ1) is 16.4. The predicted octanol–water partition coefficient (Wildman–Crippen LogP) is 1.16. The van der Waals surface area contributed by atoms with Crippen LogP contribution < -0.4 is 10.3 Å². The Hall–Kier alpha value is -1.99. The normalized spacial score (nSPS) is 11.5. The van der Waals surface area contributed by atoms with Gasteiger partial charge in [0.05, 0.1) is 11.9 Å². The fourth-order valence-corrected chi connectivity index (χ4v) is 2.49. The second-order valence-corrected chi connectivity index (χ2v) is 7.00. The molecular weight excluding hydrogens is 302 g/mol. The second kappa shape index (κ2) is 6.85. The molecule has 1 heterocycles. The average Bonchev–Trinajstić information content (AvgIpc) is 2.45. The Kier molecular flexibility index (Phi) is 5.10. The molecule has 0 saturated carbocycles. The maximum absolute atomic E-state index is 11.8. The largest absolute Gasteiger partial charge is 0.268 e. The van der Waals surface area contributed by atoms with Gasteiger partial charge in [0.1, 0.15) is 0 Å². The minimum atomic E-state index is -3.20. The Morgan fingerprint density at radius 3 is 2.45 bits per heavy atom. The fraction of sp³-hybridized carbons (Fsp3) is 0.333. The zero-order valence-corrected chi connectivity index (χ0v) is 13.4. The molecule has 6 nitrogen and oxygen atoms in total. The van der Waals surface area contributed by atoms with E-state index in [1.165, 1.54) is 10.7 Å². The molecule has 1 N–H and O–H groups in total. The SMILES string of the molecule is Cc1ccc(-c2ccc(=O)n(CCCNS(C)(=O)=O)n2)cc1. The van der Waals surface area contributed by atoms with Gasteiger partial charge in [-0.25, -0.2) is 17.8 Å². The minimum absolute atomic E-state index is 0.199. The van der Waals surface area contributed by atoms with Crippen LogP contribution in [-0.2, 0) is 16.6 Å². The number of hydrogen-bond donors (Lipinski definition) is 1. The molecule has 0 aliphatic heterocycles. The van der Waals surface area contributed by atoms with Crippen molar-refractivity contribution in [1.82, 2.24) is 14.5 Å². The fourth-order valence-electron chi connectivity index (χ4n) is 1.97. The number of rotatable bonds is 6. The van der Waals surface area contributed by atoms with Gasteiger partial charge in [0.25, 0.3) is 5.56 Å². The molecule has 0 unspecified atom stereocenters. The van der Waals surface area contributed by atoms with Crippen molar-refractivity contribution in [2.45, 2.75) is 19.9 Å². The van der Waals surface area contributed by atoms with Crippen LogP contribution in [0.1, 0.15) is 12.0 Å². The molecule has 0 aliphatic rings. The summed E-state index contributed by atoms with van der Waals surface area (Å²) in [6, 6.07) is 11.1. The van der Waals surface area contributed by atoms with Crippen LogP contribution in [0.5, 0.6) is 0 Å². The summed E-state index contributed by atoms with van der Waals surface area (Å²) in [6.07, 6.45) is 1.60. The summed E-state index contributed by atoms with van der Waals surface area (Å²) in [5.74, 6) is 0. The van der Waals surface area contributed by atoms with E-state index >= 15 is 0 Å². The summed E-state index contributed by atoms with van der Waals surface area (Å²) in [6.45, 7) is 2.65. The molecule has 0 aliphatic carbocycles. The number of hydrogen-bond acceptors (Lipinski definition) is 4. The van der Waals surface area contributed by atoms with E-state index in [1.807, 2.05) is 31.2 Å². The number of benzene rings is 1. The van der Waals surface area contributed by atoms with Crippen molar-refractivity contribution in [2.75, 3.05) is 12.8 Å². The van der Waals surface area contributed by atoms with Gasteiger partial charge in [0, 0.05) is 24.7 Å². The van der Waals surface area contributed by atoms with Crippen molar-refractivity contribution in [1.29, 1.82) is 0 Å². The van der Waals surface area contributed by atoms with Gasteiger partial charge in [-0.05, 0) is 19.4 Å². The van der Waals surface area contributed by atoms with Crippen molar-refractivity contribution in [3.8, 4) is 11.3 Å². The third-order valence-corrected chi connectivity index (χ3v) is 3.85. The summed E-state index contributed by atoms with van der Waals surface area (Å²) < 4.78 is 25.7. The molecule has 7 heteroatoms. The summed E-state index contributed by atoms with van der Waals surface area (Å²) in [7, 11) is -3.20. The third kappa shape index (κ3) is 4.78. The highest BCUT2D eigenvalue weighted by Crippen LogP contribution is 2.15. The molecule has 1 aromatic heterocycles. The summed E-state index contributed by atoms with van der Waals surface area (Å²) >= 11 is 0. The van der Waals surface area contributed by atoms with Crippen LogP contribution in [0.3, 0.4) is 0 Å². The molecule has 0 amide bonds. The smallest absolute Gasteiger partial charge is 0.266 e. The lowest BCUT2D eigenvalue weighted by Gasteiger charge is -2.07. The molecule has 22 heavy (non-hydrogen) atoms. The molecule has 0 atom stereocenters. The first-order chi connectivity index (χ1) is 10.3. The van der Waals surface area contributed by atoms with Gasteiger partial charge in [-0.1, -0.05) is 29.8 Å². The first-order valence-electron chi connectivity index (χ1n) is 6.95. The first-order valence-corrected chi connectivity index (χ1v) is 8.84. The lowest BCUT2D eigenvalue weighted by molar-refractivity contribution is 0.538. The predicted molar refractivity (Wildman–Crippen MR) is 86.1 cm³/mol. The van der Waals surface area contributed by atoms with E-state index in [4.69, 9.17) is 0 Å². The molecular formula is C15H19N3O3S. The zero-order chi connectivity index (χ0) is 16.2. The number of nitrogens with zero attached hydrogens (tertiary/aromatic N) is 2. The number of aryl methyl sites for hydroxylation is 2. The standard InChI is InChI=1S/C15H19N3O3S/c1-12-4-6-13(7-5-12)14-8-9-15(19)18(17-14)11-3-10-16-22(2,20)21/h4-9,16H,3,10-11H2,1-2H3. The van der Waals surface area contributed by atoms with Crippen LogP contribution >= 0.6 is 0 Å². The Morgan fingerprint density at radius 1 is 1.14 bits per heavy atom. The molecule has 0 bridgehead atoms. The average molecular weight is 321 g/mol. The lowest BCUT2D eigenvalue weighted by atomic mass is 10.1. The highest BCUT2D eigenvalue weighted by Gasteiger charge is 2.04. The Balaban J connectivity index is 2.10. The van der Waals surface area contributed by atoms with Crippen LogP contribution in [0.4, 0.5) is 0 Å². The van der Waals surface area contributed by atoms with E-state index in [0.29, 0.717) is 13.0 Å². The van der Waals surface area contributed by atoms with Crippen molar-refractivity contribution in [2.24, 2.45) is 0 Å². The van der Waals surface area contributed by atoms with Crippen molar-refractivity contribution in [3.05, 3.63) is 52.3 Å². The lowest BCUT2D eigenvalue weighted by Crippen LogP contribution is -2.27. The summed E-state index contributed by atoms with van der Waals surface area (Å²) in [4.78, 5) is 11.8. The molecule has 1 aromatic carbocycles. The van der Waals surface area contributed by atoms with Crippen molar-refractivity contribution in [3.63, 3.8) is 0 Å². The topological polar surface area (TPSA) is 81.1 Å². The van der Waals surface area contributed by atoms with Crippen LogP contribution in [0.25, 0.3) is 11.3 Å². The minimum Gasteiger partial charge on any atom is -0.268 e. The van der Waals surface area contributed by atoms with Gasteiger partial charge in [-0.15, -0.1) is 0 Å². The Bertz CT molecular complexity index is 796. The molecule has 2 rings (SSSR count). The number of aromatic nitrogens is 2. The quantitative estimate of drug-likeness (QED) is 0.810. The van der Waals surface area contributed by atoms with Gasteiger partial charge in [-0.2, -0.15) is 5.10 Å². The van der Waals surface area contributed by atoms with Crippen LogP contribution in [0.15, 0.2) is 41.2 Å². The molecule has 2 aromatic rings. The number of nitrogens with one attached hydrogen (secondary N) is 1. The van der Waals surface area contributed by atoms with E-state index < -0.39 is 10.0 Å². The van der Waals surface area contributed by atoms with E-state index in [-0.39, 0.29) is 12.1 Å². The molecule has 0 fully saturated rings. The maximum atomic E-state index is 11.8. The molecule has 0 radical (unpaired) electrons. The van der Waals surface area contributed by atoms with Crippen molar-refractivity contribution >= 4 is 10.0 Å². The monoisotopic (exact) mass is 321 g/mol. The van der Waals surface area contributed by atoms with Crippen LogP contribution in [-0.4, -0.2) is 31.0 Å². The van der Waals surface area contributed by atoms with Gasteiger partial charge in [-0.3, -0.25) is 4.79 Å². The summed E-state index contributed by atoms with van der Waals surface area (Å²) in [5.41, 5.74) is 2.61. The second-order valence-electron chi connectivity index (χ2n) is 5.17. The maximum Gasteiger partial charge on any atom is 0.266 e. The Morgan fingerprint density at radius 2 is 1.82 bits per heavy atom. The van der Waals surface area contributed by atoms with E-state index in [0.717, 1.165) is 23.1 Å². The Labute approximate surface area is 129 Å². The molecule has 0 spiro atoms. The summed E-state index contributed by atoms with van der Waals surface area (Å²) in [5, 5.41) is 4.33. The number of sulfonamides is 1. The van der Waals surface area contributed by atoms with E-state index in [1.54, 1.807) is 6.07 Å². The molecule has 118 valence electrons. The third-order valence-electron chi connectivity index (χ3n) is 3.12. The van der Waals surface area contributed by atoms with Gasteiger partial charge >= 0.3 is 0 Å². The van der Waals surface area contributed by atoms with E-state index in [9.17, 15) is 13.2 Å². The van der Waals surface area contributed by atoms with Gasteiger partial charge in [0.15, 0.2) is 0 Å². The molecule has 0 saturated heterocycles. The van der Waals surface area contributed by atoms with Crippen LogP contribution in [0.2, 0.25) is 0 Å².